The van der Waals surface area contributed by atoms with Crippen molar-refractivity contribution in [2.45, 2.75) is 32.2 Å². The van der Waals surface area contributed by atoms with Crippen molar-refractivity contribution in [1.29, 1.82) is 0 Å². The number of carboxylic acid groups (broad SMARTS) is 1. The molecule has 0 rings (SSSR count). The highest BCUT2D eigenvalue weighted by Crippen LogP contribution is 1.99. The fourth-order valence-corrected chi connectivity index (χ4v) is 0.882. The Morgan fingerprint density at radius 2 is 2.00 bits per heavy atom. The Balaban J connectivity index is -0.000000845. The molecule has 0 heterocycles. The minimum atomic E-state index is -0.971. The summed E-state index contributed by atoms with van der Waals surface area (Å²) >= 11 is 0. The number of aliphatic imine (C=N–C) groups is 1. The van der Waals surface area contributed by atoms with Gasteiger partial charge in [-0.3, -0.25) is 20.5 Å². The Morgan fingerprint density at radius 1 is 1.44 bits per heavy atom. The van der Waals surface area contributed by atoms with Crippen molar-refractivity contribution in [2.75, 3.05) is 6.54 Å². The third-order valence-electron chi connectivity index (χ3n) is 1.75. The number of aliphatic carboxylic acids is 1. The van der Waals surface area contributed by atoms with Crippen molar-refractivity contribution < 1.29 is 15.1 Å². The zero-order valence-electron chi connectivity index (χ0n) is 9.05. The first-order chi connectivity index (χ1) is 6.57. The van der Waals surface area contributed by atoms with Crippen LogP contribution in [0, 0.1) is 0 Å². The second-order valence-corrected chi connectivity index (χ2v) is 3.02. The number of nitrogens with zero attached hydrogens (tertiary/aromatic N) is 1. The first kappa shape index (κ1) is 20.8. The van der Waals surface area contributed by atoms with Crippen LogP contribution in [-0.2, 0) is 4.79 Å². The van der Waals surface area contributed by atoms with Crippen molar-refractivity contribution in [1.82, 2.24) is 5.48 Å². The smallest absolute Gasteiger partial charge is 0.320 e. The Labute approximate surface area is 107 Å². The van der Waals surface area contributed by atoms with Crippen LogP contribution in [0.1, 0.15) is 26.2 Å². The van der Waals surface area contributed by atoms with Gasteiger partial charge in [0.15, 0.2) is 0 Å². The Bertz CT molecular complexity index is 215. The van der Waals surface area contributed by atoms with Gasteiger partial charge in [-0.05, 0) is 26.2 Å². The number of hydrogen-bond acceptors (Lipinski definition) is 4. The number of halogens is 2. The maximum atomic E-state index is 10.3. The lowest BCUT2D eigenvalue weighted by Crippen LogP contribution is -2.29. The van der Waals surface area contributed by atoms with Gasteiger partial charge in [-0.1, -0.05) is 0 Å². The predicted octanol–water partition coefficient (Wildman–Crippen LogP) is 0.809. The molecule has 0 fully saturated rings. The third kappa shape index (κ3) is 11.5. The summed E-state index contributed by atoms with van der Waals surface area (Å²) in [6.07, 6.45) is 1.94. The van der Waals surface area contributed by atoms with Crippen LogP contribution in [0.4, 0.5) is 0 Å². The van der Waals surface area contributed by atoms with Gasteiger partial charge in [0.25, 0.3) is 0 Å². The standard InChI is InChI=1S/C8H17N3O3.2ClH/c1-6(11-14)10-5-3-2-4-7(9)8(12)13;;/h7,14H,2-5,9H2,1H3,(H,10,11)(H,12,13);2*1H/t7-;;/m0../s1. The molecule has 0 spiro atoms. The summed E-state index contributed by atoms with van der Waals surface area (Å²) in [7, 11) is 0. The van der Waals surface area contributed by atoms with E-state index in [9.17, 15) is 4.79 Å². The molecule has 6 nitrogen and oxygen atoms in total. The number of carboxylic acids is 1. The largest absolute Gasteiger partial charge is 0.480 e. The van der Waals surface area contributed by atoms with E-state index in [4.69, 9.17) is 16.0 Å². The van der Waals surface area contributed by atoms with E-state index in [-0.39, 0.29) is 24.8 Å². The highest BCUT2D eigenvalue weighted by atomic mass is 35.5. The van der Waals surface area contributed by atoms with Gasteiger partial charge in [-0.25, -0.2) is 0 Å². The lowest BCUT2D eigenvalue weighted by atomic mass is 10.1. The van der Waals surface area contributed by atoms with E-state index in [0.717, 1.165) is 12.8 Å². The van der Waals surface area contributed by atoms with Gasteiger partial charge in [-0.15, -0.1) is 24.8 Å². The van der Waals surface area contributed by atoms with E-state index >= 15 is 0 Å². The van der Waals surface area contributed by atoms with Gasteiger partial charge in [-0.2, -0.15) is 0 Å². The van der Waals surface area contributed by atoms with E-state index in [1.807, 2.05) is 5.48 Å². The second-order valence-electron chi connectivity index (χ2n) is 3.02. The molecular formula is C8H19Cl2N3O3. The predicted molar refractivity (Wildman–Crippen MR) is 66.9 cm³/mol. The van der Waals surface area contributed by atoms with E-state index in [0.29, 0.717) is 18.8 Å². The van der Waals surface area contributed by atoms with Gasteiger partial charge in [0.05, 0.1) is 0 Å². The topological polar surface area (TPSA) is 108 Å². The molecule has 0 aromatic rings. The van der Waals surface area contributed by atoms with Crippen LogP contribution >= 0.6 is 24.8 Å². The highest BCUT2D eigenvalue weighted by molar-refractivity contribution is 5.85. The molecule has 5 N–H and O–H groups in total. The quantitative estimate of drug-likeness (QED) is 0.248. The van der Waals surface area contributed by atoms with Gasteiger partial charge < -0.3 is 10.8 Å². The van der Waals surface area contributed by atoms with Crippen LogP contribution in [0.3, 0.4) is 0 Å². The summed E-state index contributed by atoms with van der Waals surface area (Å²) in [5.41, 5.74) is 7.21. The molecule has 8 heteroatoms. The molecule has 16 heavy (non-hydrogen) atoms. The van der Waals surface area contributed by atoms with Gasteiger partial charge in [0.2, 0.25) is 0 Å². The van der Waals surface area contributed by atoms with Crippen molar-refractivity contribution in [3.8, 4) is 0 Å². The molecule has 0 aliphatic rings. The van der Waals surface area contributed by atoms with Gasteiger partial charge in [0, 0.05) is 6.54 Å². The fraction of sp³-hybridized carbons (Fsp3) is 0.750. The lowest BCUT2D eigenvalue weighted by molar-refractivity contribution is -0.138. The monoisotopic (exact) mass is 275 g/mol. The summed E-state index contributed by atoms with van der Waals surface area (Å²) in [5, 5.41) is 16.8. The number of rotatable bonds is 6. The van der Waals surface area contributed by atoms with Gasteiger partial charge in [0.1, 0.15) is 11.9 Å². The third-order valence-corrected chi connectivity index (χ3v) is 1.75. The Morgan fingerprint density at radius 3 is 2.44 bits per heavy atom. The average molecular weight is 276 g/mol. The van der Waals surface area contributed by atoms with Crippen LogP contribution in [0.15, 0.2) is 4.99 Å². The second kappa shape index (κ2) is 12.5. The zero-order chi connectivity index (χ0) is 11.0. The summed E-state index contributed by atoms with van der Waals surface area (Å²) in [4.78, 5) is 14.3. The molecule has 0 radical (unpaired) electrons. The van der Waals surface area contributed by atoms with E-state index in [2.05, 4.69) is 4.99 Å². The van der Waals surface area contributed by atoms with Gasteiger partial charge >= 0.3 is 5.97 Å². The molecule has 98 valence electrons. The minimum Gasteiger partial charge on any atom is -0.480 e. The van der Waals surface area contributed by atoms with Crippen molar-refractivity contribution in [3.05, 3.63) is 0 Å². The van der Waals surface area contributed by atoms with E-state index in [1.54, 1.807) is 6.92 Å². The fourth-order valence-electron chi connectivity index (χ4n) is 0.882. The first-order valence-corrected chi connectivity index (χ1v) is 4.47. The molecular weight excluding hydrogens is 257 g/mol. The molecule has 0 unspecified atom stereocenters. The maximum Gasteiger partial charge on any atom is 0.320 e. The highest BCUT2D eigenvalue weighted by Gasteiger charge is 2.09. The molecule has 0 saturated heterocycles. The molecule has 0 bridgehead atoms. The number of nitrogens with two attached hydrogens (primary N) is 1. The van der Waals surface area contributed by atoms with E-state index < -0.39 is 12.0 Å². The SMILES string of the molecule is CC(=NCCCC[C@H](N)C(=O)O)NO.Cl.Cl. The number of amidine groups is 1. The lowest BCUT2D eigenvalue weighted by Gasteiger charge is -2.04. The summed E-state index contributed by atoms with van der Waals surface area (Å²) < 4.78 is 0. The summed E-state index contributed by atoms with van der Waals surface area (Å²) in [5.74, 6) is -0.519. The van der Waals surface area contributed by atoms with Crippen LogP contribution in [0.25, 0.3) is 0 Å². The summed E-state index contributed by atoms with van der Waals surface area (Å²) in [6, 6.07) is -0.781. The number of hydroxylamine groups is 1. The number of nitrogens with one attached hydrogen (secondary N) is 1. The Kier molecular flexibility index (Phi) is 16.3. The number of hydrogen-bond donors (Lipinski definition) is 4. The van der Waals surface area contributed by atoms with Crippen LogP contribution < -0.4 is 11.2 Å². The molecule has 0 aromatic carbocycles. The van der Waals surface area contributed by atoms with Crippen molar-refractivity contribution in [2.24, 2.45) is 10.7 Å². The van der Waals surface area contributed by atoms with Crippen molar-refractivity contribution >= 4 is 36.6 Å². The maximum absolute atomic E-state index is 10.3. The van der Waals surface area contributed by atoms with Crippen LogP contribution in [0.5, 0.6) is 0 Å². The Hall–Kier alpha value is -0.560. The molecule has 0 amide bonds. The molecule has 0 aliphatic carbocycles. The van der Waals surface area contributed by atoms with Crippen molar-refractivity contribution in [3.63, 3.8) is 0 Å². The first-order valence-electron chi connectivity index (χ1n) is 4.47. The summed E-state index contributed by atoms with van der Waals surface area (Å²) in [6.45, 7) is 2.20. The normalized spacial score (nSPS) is 12.1. The molecule has 0 aromatic heterocycles. The zero-order valence-corrected chi connectivity index (χ0v) is 10.7. The molecule has 0 saturated carbocycles. The van der Waals surface area contributed by atoms with Crippen LogP contribution in [-0.4, -0.2) is 34.7 Å². The minimum absolute atomic E-state index is 0. The molecule has 1 atom stereocenters. The average Bonchev–Trinajstić information content (AvgIpc) is 2.16. The number of carbonyl (C=O) groups is 1. The molecule has 0 aliphatic heterocycles. The van der Waals surface area contributed by atoms with Crippen LogP contribution in [0.2, 0.25) is 0 Å². The number of unbranched alkanes of at least 4 members (excludes halogenated alkanes) is 1. The van der Waals surface area contributed by atoms with E-state index in [1.165, 1.54) is 0 Å².